The Balaban J connectivity index is 0.000000640. The molecule has 1 aromatic rings. The summed E-state index contributed by atoms with van der Waals surface area (Å²) in [5.41, 5.74) is 0. The number of aryl methyl sites for hydroxylation is 2. The molecule has 0 atom stereocenters. The van der Waals surface area contributed by atoms with Crippen LogP contribution in [0.15, 0.2) is 4.42 Å². The Bertz CT molecular complexity index is 173. The maximum atomic E-state index is 5.07. The SMILES string of the molecule is CCc1[c-]nc(C)o1.[Y]. The van der Waals surface area contributed by atoms with Crippen molar-refractivity contribution in [1.82, 2.24) is 4.98 Å². The van der Waals surface area contributed by atoms with Gasteiger partial charge in [-0.05, 0) is 6.42 Å². The molecule has 0 saturated heterocycles. The minimum absolute atomic E-state index is 0. The number of nitrogens with zero attached hydrogens (tertiary/aromatic N) is 1. The van der Waals surface area contributed by atoms with Crippen LogP contribution in [0.25, 0.3) is 0 Å². The summed E-state index contributed by atoms with van der Waals surface area (Å²) < 4.78 is 5.07. The van der Waals surface area contributed by atoms with Crippen molar-refractivity contribution in [3.63, 3.8) is 0 Å². The third-order valence-electron chi connectivity index (χ3n) is 0.930. The molecule has 1 radical (unpaired) electrons. The summed E-state index contributed by atoms with van der Waals surface area (Å²) in [7, 11) is 0. The third-order valence-corrected chi connectivity index (χ3v) is 0.930. The summed E-state index contributed by atoms with van der Waals surface area (Å²) in [5.74, 6) is 1.53. The van der Waals surface area contributed by atoms with Gasteiger partial charge in [0.05, 0.1) is 0 Å². The largest absolute Gasteiger partial charge is 0.551 e. The van der Waals surface area contributed by atoms with Crippen molar-refractivity contribution in [2.75, 3.05) is 0 Å². The molecule has 0 aliphatic rings. The number of hydrogen-bond acceptors (Lipinski definition) is 2. The molecule has 0 fully saturated rings. The van der Waals surface area contributed by atoms with E-state index in [0.29, 0.717) is 5.89 Å². The van der Waals surface area contributed by atoms with Gasteiger partial charge < -0.3 is 9.40 Å². The average Bonchev–Trinajstić information content (AvgIpc) is 2.14. The molecule has 0 aromatic carbocycles. The molecule has 0 N–H and O–H groups in total. The van der Waals surface area contributed by atoms with Crippen molar-refractivity contribution >= 4 is 0 Å². The van der Waals surface area contributed by atoms with E-state index in [1.807, 2.05) is 13.8 Å². The molecule has 0 saturated carbocycles. The normalized spacial score (nSPS) is 8.67. The molecule has 9 heavy (non-hydrogen) atoms. The molecule has 0 bridgehead atoms. The second kappa shape index (κ2) is 4.18. The molecule has 0 spiro atoms. The Kier molecular flexibility index (Phi) is 4.33. The number of oxazole rings is 1. The zero-order chi connectivity index (χ0) is 5.98. The summed E-state index contributed by atoms with van der Waals surface area (Å²) in [6, 6.07) is 0. The fraction of sp³-hybridized carbons (Fsp3) is 0.500. The molecule has 0 amide bonds. The molecule has 1 aromatic heterocycles. The molecule has 3 heteroatoms. The van der Waals surface area contributed by atoms with Gasteiger partial charge in [0.25, 0.3) is 0 Å². The first-order chi connectivity index (χ1) is 3.83. The second-order valence-electron chi connectivity index (χ2n) is 1.62. The van der Waals surface area contributed by atoms with E-state index in [-0.39, 0.29) is 32.7 Å². The molecule has 0 aliphatic carbocycles. The van der Waals surface area contributed by atoms with Gasteiger partial charge in [-0.15, -0.1) is 6.20 Å². The van der Waals surface area contributed by atoms with Crippen molar-refractivity contribution in [3.05, 3.63) is 17.8 Å². The topological polar surface area (TPSA) is 26.0 Å². The minimum Gasteiger partial charge on any atom is -0.551 e. The first-order valence-electron chi connectivity index (χ1n) is 2.67. The van der Waals surface area contributed by atoms with E-state index < -0.39 is 0 Å². The molecular weight excluding hydrogens is 191 g/mol. The first kappa shape index (κ1) is 9.31. The first-order valence-corrected chi connectivity index (χ1v) is 2.67. The summed E-state index contributed by atoms with van der Waals surface area (Å²) in [5, 5.41) is 0. The molecule has 0 unspecified atom stereocenters. The number of rotatable bonds is 1. The Labute approximate surface area is 79.9 Å². The van der Waals surface area contributed by atoms with Gasteiger partial charge in [0.1, 0.15) is 0 Å². The van der Waals surface area contributed by atoms with Crippen LogP contribution in [0, 0.1) is 13.1 Å². The summed E-state index contributed by atoms with van der Waals surface area (Å²) in [6.45, 7) is 3.83. The molecule has 2 nitrogen and oxygen atoms in total. The van der Waals surface area contributed by atoms with Gasteiger partial charge in [0, 0.05) is 44.4 Å². The van der Waals surface area contributed by atoms with Gasteiger partial charge in [0.15, 0.2) is 0 Å². The van der Waals surface area contributed by atoms with Crippen molar-refractivity contribution < 1.29 is 37.1 Å². The predicted octanol–water partition coefficient (Wildman–Crippen LogP) is 1.34. The van der Waals surface area contributed by atoms with Gasteiger partial charge >= 0.3 is 0 Å². The minimum atomic E-state index is 0. The van der Waals surface area contributed by atoms with Crippen LogP contribution in [-0.2, 0) is 39.1 Å². The smallest absolute Gasteiger partial charge is 0.0323 e. The van der Waals surface area contributed by atoms with Crippen LogP contribution in [0.4, 0.5) is 0 Å². The molecule has 47 valence electrons. The number of hydrogen-bond donors (Lipinski definition) is 0. The van der Waals surface area contributed by atoms with Crippen LogP contribution in [0.5, 0.6) is 0 Å². The zero-order valence-corrected chi connectivity index (χ0v) is 8.48. The zero-order valence-electron chi connectivity index (χ0n) is 5.64. The van der Waals surface area contributed by atoms with Crippen LogP contribution in [0.2, 0.25) is 0 Å². The average molecular weight is 199 g/mol. The maximum absolute atomic E-state index is 5.07. The van der Waals surface area contributed by atoms with E-state index in [9.17, 15) is 0 Å². The van der Waals surface area contributed by atoms with Crippen LogP contribution < -0.4 is 0 Å². The molecule has 1 heterocycles. The molecule has 0 aliphatic heterocycles. The Morgan fingerprint density at radius 3 is 2.56 bits per heavy atom. The Hall–Kier alpha value is 0.314. The quantitative estimate of drug-likeness (QED) is 0.638. The van der Waals surface area contributed by atoms with Crippen LogP contribution in [0.3, 0.4) is 0 Å². The maximum Gasteiger partial charge on any atom is 0.0323 e. The van der Waals surface area contributed by atoms with Gasteiger partial charge in [-0.1, -0.05) is 13.8 Å². The predicted molar refractivity (Wildman–Crippen MR) is 29.5 cm³/mol. The molecular formula is C6H8NOY-. The van der Waals surface area contributed by atoms with Gasteiger partial charge in [0.2, 0.25) is 0 Å². The van der Waals surface area contributed by atoms with E-state index >= 15 is 0 Å². The van der Waals surface area contributed by atoms with Crippen molar-refractivity contribution in [2.24, 2.45) is 0 Å². The van der Waals surface area contributed by atoms with Crippen molar-refractivity contribution in [3.8, 4) is 0 Å². The van der Waals surface area contributed by atoms with Gasteiger partial charge in [-0.25, -0.2) is 0 Å². The third kappa shape index (κ3) is 2.59. The summed E-state index contributed by atoms with van der Waals surface area (Å²) >= 11 is 0. The van der Waals surface area contributed by atoms with Gasteiger partial charge in [-0.2, -0.15) is 0 Å². The van der Waals surface area contributed by atoms with E-state index in [2.05, 4.69) is 11.2 Å². The van der Waals surface area contributed by atoms with Crippen molar-refractivity contribution in [2.45, 2.75) is 20.3 Å². The standard InChI is InChI=1S/C6H8NO.Y/c1-3-6-4-7-5(2)8-6;/h3H2,1-2H3;/q-1;. The second-order valence-corrected chi connectivity index (χ2v) is 1.62. The van der Waals surface area contributed by atoms with E-state index in [1.165, 1.54) is 0 Å². The fourth-order valence-electron chi connectivity index (χ4n) is 0.516. The van der Waals surface area contributed by atoms with Crippen LogP contribution >= 0.6 is 0 Å². The number of aromatic nitrogens is 1. The fourth-order valence-corrected chi connectivity index (χ4v) is 0.516. The Morgan fingerprint density at radius 2 is 2.33 bits per heavy atom. The van der Waals surface area contributed by atoms with Gasteiger partial charge in [-0.3, -0.25) is 0 Å². The summed E-state index contributed by atoms with van der Waals surface area (Å²) in [4.78, 5) is 3.80. The monoisotopic (exact) mass is 199 g/mol. The van der Waals surface area contributed by atoms with E-state index in [0.717, 1.165) is 12.2 Å². The van der Waals surface area contributed by atoms with Crippen LogP contribution in [-0.4, -0.2) is 4.98 Å². The van der Waals surface area contributed by atoms with Crippen LogP contribution in [0.1, 0.15) is 18.6 Å². The molecule has 1 rings (SSSR count). The Morgan fingerprint density at radius 1 is 1.67 bits per heavy atom. The van der Waals surface area contributed by atoms with Crippen molar-refractivity contribution in [1.29, 1.82) is 0 Å². The summed E-state index contributed by atoms with van der Waals surface area (Å²) in [6.07, 6.45) is 3.61. The van der Waals surface area contributed by atoms with E-state index in [4.69, 9.17) is 4.42 Å². The van der Waals surface area contributed by atoms with E-state index in [1.54, 1.807) is 0 Å².